The molecule has 0 saturated carbocycles. The maximum Gasteiger partial charge on any atom is 0.338 e. The Balaban J connectivity index is 1.94. The quantitative estimate of drug-likeness (QED) is 0.576. The van der Waals surface area contributed by atoms with Crippen LogP contribution in [0, 0.1) is 0 Å². The molecule has 2 aromatic heterocycles. The van der Waals surface area contributed by atoms with Gasteiger partial charge in [-0.15, -0.1) is 0 Å². The molecular formula is C20H17N3O3. The van der Waals surface area contributed by atoms with Crippen LogP contribution < -0.4 is 5.56 Å². The number of H-pyrrole nitrogens is 1. The lowest BCUT2D eigenvalue weighted by atomic mass is 10.1. The molecule has 0 aliphatic rings. The van der Waals surface area contributed by atoms with Gasteiger partial charge in [0.1, 0.15) is 0 Å². The number of pyridine rings is 1. The van der Waals surface area contributed by atoms with E-state index < -0.39 is 5.97 Å². The number of hydrogen-bond acceptors (Lipinski definition) is 4. The number of para-hydroxylation sites is 1. The van der Waals surface area contributed by atoms with Gasteiger partial charge in [0.25, 0.3) is 5.56 Å². The summed E-state index contributed by atoms with van der Waals surface area (Å²) in [5.74, 6) is -0.399. The zero-order valence-electron chi connectivity index (χ0n) is 14.4. The lowest BCUT2D eigenvalue weighted by molar-refractivity contribution is 0.0378. The molecule has 0 atom stereocenters. The van der Waals surface area contributed by atoms with Gasteiger partial charge in [-0.1, -0.05) is 18.2 Å². The van der Waals surface area contributed by atoms with Crippen molar-refractivity contribution >= 4 is 27.8 Å². The van der Waals surface area contributed by atoms with E-state index in [0.29, 0.717) is 27.4 Å². The number of hydrogen-bond donors (Lipinski definition) is 1. The standard InChI is InChI=1S/C20H17N3O3/c1-12(2)26-20(25)13-8-9-17-15(10-13)18-16(11-21-17)19(24)23(22-18)14-6-4-3-5-7-14/h3-12,22H,1-2H3. The molecule has 0 saturated heterocycles. The highest BCUT2D eigenvalue weighted by molar-refractivity contribution is 6.05. The monoisotopic (exact) mass is 347 g/mol. The minimum absolute atomic E-state index is 0.184. The number of carbonyl (C=O) groups is 1. The molecule has 2 heterocycles. The fourth-order valence-corrected chi connectivity index (χ4v) is 2.93. The summed E-state index contributed by atoms with van der Waals surface area (Å²) in [7, 11) is 0. The predicted molar refractivity (Wildman–Crippen MR) is 99.7 cm³/mol. The second kappa shape index (κ2) is 6.15. The van der Waals surface area contributed by atoms with Crippen LogP contribution in [0.5, 0.6) is 0 Å². The number of rotatable bonds is 3. The highest BCUT2D eigenvalue weighted by atomic mass is 16.5. The Kier molecular flexibility index (Phi) is 3.80. The van der Waals surface area contributed by atoms with E-state index in [-0.39, 0.29) is 11.7 Å². The second-order valence-corrected chi connectivity index (χ2v) is 6.32. The number of nitrogens with one attached hydrogen (secondary N) is 1. The number of carbonyl (C=O) groups excluding carboxylic acids is 1. The topological polar surface area (TPSA) is 77.0 Å². The van der Waals surface area contributed by atoms with E-state index in [1.54, 1.807) is 38.2 Å². The summed E-state index contributed by atoms with van der Waals surface area (Å²) >= 11 is 0. The highest BCUT2D eigenvalue weighted by Gasteiger charge is 2.15. The molecular weight excluding hydrogens is 330 g/mol. The highest BCUT2D eigenvalue weighted by Crippen LogP contribution is 2.22. The summed E-state index contributed by atoms with van der Waals surface area (Å²) < 4.78 is 6.74. The maximum atomic E-state index is 12.7. The van der Waals surface area contributed by atoms with E-state index in [1.807, 2.05) is 30.3 Å². The van der Waals surface area contributed by atoms with Crippen molar-refractivity contribution in [2.24, 2.45) is 0 Å². The Bertz CT molecular complexity index is 1170. The predicted octanol–water partition coefficient (Wildman–Crippen LogP) is 3.43. The fraction of sp³-hybridized carbons (Fsp3) is 0.150. The smallest absolute Gasteiger partial charge is 0.338 e. The van der Waals surface area contributed by atoms with Gasteiger partial charge in [-0.05, 0) is 44.2 Å². The van der Waals surface area contributed by atoms with E-state index in [0.717, 1.165) is 5.69 Å². The third-order valence-corrected chi connectivity index (χ3v) is 4.12. The number of fused-ring (bicyclic) bond motifs is 3. The molecule has 1 N–H and O–H groups in total. The lowest BCUT2D eigenvalue weighted by Gasteiger charge is -2.08. The zero-order chi connectivity index (χ0) is 18.3. The van der Waals surface area contributed by atoms with E-state index >= 15 is 0 Å². The van der Waals surface area contributed by atoms with Gasteiger partial charge in [0, 0.05) is 11.6 Å². The molecule has 130 valence electrons. The average molecular weight is 347 g/mol. The van der Waals surface area contributed by atoms with Gasteiger partial charge in [0.15, 0.2) is 0 Å². The molecule has 0 spiro atoms. The van der Waals surface area contributed by atoms with Gasteiger partial charge in [0.05, 0.1) is 33.8 Å². The summed E-state index contributed by atoms with van der Waals surface area (Å²) in [6, 6.07) is 14.5. The summed E-state index contributed by atoms with van der Waals surface area (Å²) in [4.78, 5) is 29.3. The van der Waals surface area contributed by atoms with Crippen molar-refractivity contribution in [3.63, 3.8) is 0 Å². The van der Waals surface area contributed by atoms with Crippen LogP contribution in [0.1, 0.15) is 24.2 Å². The van der Waals surface area contributed by atoms with Gasteiger partial charge in [-0.2, -0.15) is 0 Å². The molecule has 0 radical (unpaired) electrons. The van der Waals surface area contributed by atoms with Crippen molar-refractivity contribution in [3.8, 4) is 5.69 Å². The number of ether oxygens (including phenoxy) is 1. The van der Waals surface area contributed by atoms with Gasteiger partial charge in [-0.25, -0.2) is 9.48 Å². The number of benzene rings is 2. The van der Waals surface area contributed by atoms with Crippen LogP contribution in [-0.4, -0.2) is 26.8 Å². The van der Waals surface area contributed by atoms with Crippen LogP contribution >= 0.6 is 0 Å². The number of nitrogens with zero attached hydrogens (tertiary/aromatic N) is 2. The van der Waals surface area contributed by atoms with Crippen molar-refractivity contribution < 1.29 is 9.53 Å². The first-order valence-corrected chi connectivity index (χ1v) is 8.34. The Morgan fingerprint density at radius 1 is 1.12 bits per heavy atom. The third kappa shape index (κ3) is 2.65. The molecule has 0 unspecified atom stereocenters. The first kappa shape index (κ1) is 16.1. The summed E-state index contributed by atoms with van der Waals surface area (Å²) in [5, 5.41) is 4.31. The van der Waals surface area contributed by atoms with Crippen LogP contribution in [0.4, 0.5) is 0 Å². The second-order valence-electron chi connectivity index (χ2n) is 6.32. The summed E-state index contributed by atoms with van der Waals surface area (Å²) in [5.41, 5.74) is 2.31. The Hall–Kier alpha value is -3.41. The molecule has 2 aromatic carbocycles. The maximum absolute atomic E-state index is 12.7. The molecule has 6 heteroatoms. The van der Waals surface area contributed by atoms with E-state index in [1.165, 1.54) is 4.68 Å². The number of aromatic nitrogens is 3. The zero-order valence-corrected chi connectivity index (χ0v) is 14.4. The third-order valence-electron chi connectivity index (χ3n) is 4.12. The van der Waals surface area contributed by atoms with Crippen LogP contribution in [-0.2, 0) is 4.74 Å². The minimum Gasteiger partial charge on any atom is -0.459 e. The molecule has 0 aliphatic heterocycles. The van der Waals surface area contributed by atoms with Crippen LogP contribution in [0.15, 0.2) is 59.5 Å². The molecule has 0 fully saturated rings. The Morgan fingerprint density at radius 3 is 2.62 bits per heavy atom. The van der Waals surface area contributed by atoms with E-state index in [9.17, 15) is 9.59 Å². The largest absolute Gasteiger partial charge is 0.459 e. The van der Waals surface area contributed by atoms with Gasteiger partial charge in [-0.3, -0.25) is 14.9 Å². The Labute approximate surface area is 149 Å². The van der Waals surface area contributed by atoms with Gasteiger partial charge in [0.2, 0.25) is 0 Å². The van der Waals surface area contributed by atoms with Crippen molar-refractivity contribution in [2.75, 3.05) is 0 Å². The van der Waals surface area contributed by atoms with Crippen LogP contribution in [0.2, 0.25) is 0 Å². The van der Waals surface area contributed by atoms with Crippen molar-refractivity contribution in [1.29, 1.82) is 0 Å². The fourth-order valence-electron chi connectivity index (χ4n) is 2.93. The lowest BCUT2D eigenvalue weighted by Crippen LogP contribution is -2.13. The van der Waals surface area contributed by atoms with Gasteiger partial charge < -0.3 is 4.74 Å². The number of esters is 1. The van der Waals surface area contributed by atoms with Gasteiger partial charge >= 0.3 is 5.97 Å². The molecule has 6 nitrogen and oxygen atoms in total. The summed E-state index contributed by atoms with van der Waals surface area (Å²) in [6.45, 7) is 3.60. The first-order valence-electron chi connectivity index (χ1n) is 8.34. The average Bonchev–Trinajstić information content (AvgIpc) is 2.98. The number of aromatic amines is 1. The summed E-state index contributed by atoms with van der Waals surface area (Å²) in [6.07, 6.45) is 1.35. The normalized spacial score (nSPS) is 11.3. The van der Waals surface area contributed by atoms with Crippen molar-refractivity contribution in [1.82, 2.24) is 14.8 Å². The molecule has 26 heavy (non-hydrogen) atoms. The molecule has 0 aliphatic carbocycles. The molecule has 4 rings (SSSR count). The SMILES string of the molecule is CC(C)OC(=O)c1ccc2ncc3c(=O)n(-c4ccccc4)[nH]c3c2c1. The molecule has 0 bridgehead atoms. The van der Waals surface area contributed by atoms with Crippen LogP contribution in [0.25, 0.3) is 27.5 Å². The minimum atomic E-state index is -0.399. The van der Waals surface area contributed by atoms with E-state index in [2.05, 4.69) is 10.1 Å². The molecule has 0 amide bonds. The van der Waals surface area contributed by atoms with Crippen molar-refractivity contribution in [2.45, 2.75) is 20.0 Å². The Morgan fingerprint density at radius 2 is 1.88 bits per heavy atom. The van der Waals surface area contributed by atoms with Crippen LogP contribution in [0.3, 0.4) is 0 Å². The molecule has 4 aromatic rings. The van der Waals surface area contributed by atoms with E-state index in [4.69, 9.17) is 4.74 Å². The first-order chi connectivity index (χ1) is 12.5. The van der Waals surface area contributed by atoms with Crippen molar-refractivity contribution in [3.05, 3.63) is 70.6 Å².